The van der Waals surface area contributed by atoms with Gasteiger partial charge in [0.05, 0.1) is 19.3 Å². The van der Waals surface area contributed by atoms with Gasteiger partial charge in [0.1, 0.15) is 11.4 Å². The summed E-state index contributed by atoms with van der Waals surface area (Å²) in [6.45, 7) is 2.61. The van der Waals surface area contributed by atoms with Gasteiger partial charge in [-0.3, -0.25) is 4.79 Å². The molecule has 0 unspecified atom stereocenters. The van der Waals surface area contributed by atoms with Gasteiger partial charge in [-0.25, -0.2) is 9.31 Å². The fraction of sp³-hybridized carbons (Fsp3) is 0.235. The summed E-state index contributed by atoms with van der Waals surface area (Å²) in [5.41, 5.74) is 2.67. The van der Waals surface area contributed by atoms with Crippen LogP contribution in [0, 0.1) is 6.92 Å². The van der Waals surface area contributed by atoms with Crippen LogP contribution in [0.2, 0.25) is 0 Å². The highest BCUT2D eigenvalue weighted by Gasteiger charge is 2.18. The van der Waals surface area contributed by atoms with E-state index in [1.54, 1.807) is 24.9 Å². The molecule has 0 aliphatic carbocycles. The Balaban J connectivity index is 1.59. The largest absolute Gasteiger partial charge is 0.334 e. The van der Waals surface area contributed by atoms with Crippen LogP contribution in [0.15, 0.2) is 47.2 Å². The molecule has 25 heavy (non-hydrogen) atoms. The fourth-order valence-electron chi connectivity index (χ4n) is 2.23. The minimum Gasteiger partial charge on any atom is -0.334 e. The summed E-state index contributed by atoms with van der Waals surface area (Å²) in [6, 6.07) is 9.96. The first kappa shape index (κ1) is 16.6. The Hall–Kier alpha value is -3.29. The Morgan fingerprint density at radius 3 is 2.80 bits per heavy atom. The van der Waals surface area contributed by atoms with Crippen LogP contribution < -0.4 is 0 Å². The smallest absolute Gasteiger partial charge is 0.276 e. The van der Waals surface area contributed by atoms with E-state index in [9.17, 15) is 4.79 Å². The quantitative estimate of drug-likeness (QED) is 0.682. The first-order chi connectivity index (χ1) is 12.1. The minimum absolute atomic E-state index is 0.235. The van der Waals surface area contributed by atoms with Crippen LogP contribution in [-0.2, 0) is 13.1 Å². The summed E-state index contributed by atoms with van der Waals surface area (Å²) in [6.07, 6.45) is 5.59. The number of hydrogen-bond donors (Lipinski definition) is 0. The number of rotatable bonds is 6. The maximum atomic E-state index is 12.4. The normalized spacial score (nSPS) is 11.1. The molecule has 2 heterocycles. The number of allylic oxidation sites excluding steroid dienone is 1. The Labute approximate surface area is 144 Å². The predicted octanol–water partition coefficient (Wildman–Crippen LogP) is 1.96. The lowest BCUT2D eigenvalue weighted by Crippen LogP contribution is -2.27. The summed E-state index contributed by atoms with van der Waals surface area (Å²) >= 11 is 0. The zero-order chi connectivity index (χ0) is 17.6. The van der Waals surface area contributed by atoms with Crippen molar-refractivity contribution in [1.82, 2.24) is 30.2 Å². The van der Waals surface area contributed by atoms with Crippen molar-refractivity contribution in [3.63, 3.8) is 0 Å². The average Bonchev–Trinajstić information content (AvgIpc) is 3.25. The van der Waals surface area contributed by atoms with Crippen molar-refractivity contribution in [2.45, 2.75) is 20.0 Å². The van der Waals surface area contributed by atoms with Gasteiger partial charge in [-0.15, -0.1) is 5.10 Å². The van der Waals surface area contributed by atoms with Gasteiger partial charge in [-0.05, 0) is 12.5 Å². The van der Waals surface area contributed by atoms with Crippen molar-refractivity contribution in [2.24, 2.45) is 0 Å². The molecule has 2 aromatic heterocycles. The van der Waals surface area contributed by atoms with E-state index in [1.165, 1.54) is 4.90 Å². The van der Waals surface area contributed by atoms with Crippen LogP contribution in [0.5, 0.6) is 0 Å². The van der Waals surface area contributed by atoms with Crippen molar-refractivity contribution in [3.8, 4) is 0 Å². The van der Waals surface area contributed by atoms with Crippen molar-refractivity contribution in [2.75, 3.05) is 7.05 Å². The van der Waals surface area contributed by atoms with Crippen molar-refractivity contribution in [3.05, 3.63) is 65.2 Å². The van der Waals surface area contributed by atoms with Gasteiger partial charge < -0.3 is 4.90 Å². The molecule has 0 saturated heterocycles. The molecule has 3 rings (SSSR count). The molecule has 0 aliphatic heterocycles. The van der Waals surface area contributed by atoms with E-state index in [-0.39, 0.29) is 11.6 Å². The van der Waals surface area contributed by atoms with Crippen molar-refractivity contribution >= 4 is 12.0 Å². The molecule has 8 nitrogen and oxygen atoms in total. The van der Waals surface area contributed by atoms with Gasteiger partial charge in [-0.1, -0.05) is 58.0 Å². The summed E-state index contributed by atoms with van der Waals surface area (Å²) in [5.74, 6) is -0.235. The molecule has 1 amide bonds. The molecular weight excluding hydrogens is 320 g/mol. The fourth-order valence-corrected chi connectivity index (χ4v) is 2.23. The first-order valence-corrected chi connectivity index (χ1v) is 7.78. The molecule has 0 aliphatic rings. The van der Waals surface area contributed by atoms with E-state index in [0.717, 1.165) is 5.56 Å². The lowest BCUT2D eigenvalue weighted by molar-refractivity contribution is 0.0776. The SMILES string of the molecule is Cc1nonc1CN(C)C(=O)c1cn(CC=Cc2ccccc2)nn1. The Kier molecular flexibility index (Phi) is 4.98. The van der Waals surface area contributed by atoms with Crippen LogP contribution in [0.1, 0.15) is 27.4 Å². The molecule has 0 radical (unpaired) electrons. The van der Waals surface area contributed by atoms with Crippen molar-refractivity contribution < 1.29 is 9.42 Å². The van der Waals surface area contributed by atoms with E-state index in [1.807, 2.05) is 42.5 Å². The van der Waals surface area contributed by atoms with Crippen LogP contribution >= 0.6 is 0 Å². The molecule has 0 N–H and O–H groups in total. The molecular formula is C17H18N6O2. The number of hydrogen-bond acceptors (Lipinski definition) is 6. The highest BCUT2D eigenvalue weighted by molar-refractivity contribution is 5.91. The van der Waals surface area contributed by atoms with Crippen LogP contribution in [0.3, 0.4) is 0 Å². The van der Waals surface area contributed by atoms with E-state index < -0.39 is 0 Å². The van der Waals surface area contributed by atoms with Crippen LogP contribution in [0.25, 0.3) is 6.08 Å². The molecule has 0 atom stereocenters. The zero-order valence-electron chi connectivity index (χ0n) is 14.0. The standard InChI is InChI=1S/C17H18N6O2/c1-13-15(20-25-19-13)11-22(2)17(24)16-12-23(21-18-16)10-6-9-14-7-4-3-5-8-14/h3-9,12H,10-11H2,1-2H3. The highest BCUT2D eigenvalue weighted by Crippen LogP contribution is 2.07. The number of aryl methyl sites for hydroxylation is 1. The molecule has 3 aromatic rings. The molecule has 8 heteroatoms. The van der Waals surface area contributed by atoms with Gasteiger partial charge in [0.15, 0.2) is 5.69 Å². The lowest BCUT2D eigenvalue weighted by atomic mass is 10.2. The predicted molar refractivity (Wildman–Crippen MR) is 90.3 cm³/mol. The molecule has 0 fully saturated rings. The van der Waals surface area contributed by atoms with Gasteiger partial charge in [0.25, 0.3) is 5.91 Å². The molecule has 1 aromatic carbocycles. The lowest BCUT2D eigenvalue weighted by Gasteiger charge is -2.13. The molecule has 0 saturated carbocycles. The van der Waals surface area contributed by atoms with Gasteiger partial charge in [0, 0.05) is 7.05 Å². The topological polar surface area (TPSA) is 89.9 Å². The molecule has 128 valence electrons. The number of carbonyl (C=O) groups is 1. The van der Waals surface area contributed by atoms with Gasteiger partial charge in [-0.2, -0.15) is 0 Å². The van der Waals surface area contributed by atoms with Gasteiger partial charge >= 0.3 is 0 Å². The Morgan fingerprint density at radius 1 is 1.28 bits per heavy atom. The van der Waals surface area contributed by atoms with Crippen LogP contribution in [0.4, 0.5) is 0 Å². The number of amides is 1. The number of benzene rings is 1. The summed E-state index contributed by atoms with van der Waals surface area (Å²) in [4.78, 5) is 13.9. The second kappa shape index (κ2) is 7.52. The van der Waals surface area contributed by atoms with Crippen LogP contribution in [-0.4, -0.2) is 43.2 Å². The van der Waals surface area contributed by atoms with E-state index in [2.05, 4.69) is 25.3 Å². The second-order valence-corrected chi connectivity index (χ2v) is 5.60. The average molecular weight is 338 g/mol. The number of carbonyl (C=O) groups excluding carboxylic acids is 1. The first-order valence-electron chi connectivity index (χ1n) is 7.78. The highest BCUT2D eigenvalue weighted by atomic mass is 16.6. The minimum atomic E-state index is -0.235. The number of aromatic nitrogens is 5. The third-order valence-electron chi connectivity index (χ3n) is 3.64. The maximum absolute atomic E-state index is 12.4. The maximum Gasteiger partial charge on any atom is 0.276 e. The van der Waals surface area contributed by atoms with Crippen molar-refractivity contribution in [1.29, 1.82) is 0 Å². The summed E-state index contributed by atoms with van der Waals surface area (Å²) < 4.78 is 6.25. The zero-order valence-corrected chi connectivity index (χ0v) is 14.0. The monoisotopic (exact) mass is 338 g/mol. The molecule has 0 bridgehead atoms. The third-order valence-corrected chi connectivity index (χ3v) is 3.64. The Bertz CT molecular complexity index is 868. The Morgan fingerprint density at radius 2 is 2.08 bits per heavy atom. The molecule has 0 spiro atoms. The summed E-state index contributed by atoms with van der Waals surface area (Å²) in [7, 11) is 1.67. The number of nitrogens with zero attached hydrogens (tertiary/aromatic N) is 6. The van der Waals surface area contributed by atoms with E-state index in [4.69, 9.17) is 0 Å². The van der Waals surface area contributed by atoms with E-state index in [0.29, 0.717) is 24.5 Å². The van der Waals surface area contributed by atoms with Gasteiger partial charge in [0.2, 0.25) is 0 Å². The third kappa shape index (κ3) is 4.17. The second-order valence-electron chi connectivity index (χ2n) is 5.60. The van der Waals surface area contributed by atoms with E-state index >= 15 is 0 Å². The summed E-state index contributed by atoms with van der Waals surface area (Å²) in [5, 5.41) is 15.4.